The summed E-state index contributed by atoms with van der Waals surface area (Å²) in [7, 11) is 0. The summed E-state index contributed by atoms with van der Waals surface area (Å²) in [5.41, 5.74) is 4.02. The minimum atomic E-state index is -0.500. The van der Waals surface area contributed by atoms with E-state index in [9.17, 15) is 5.11 Å². The highest BCUT2D eigenvalue weighted by atomic mass is 16.5. The van der Waals surface area contributed by atoms with Gasteiger partial charge >= 0.3 is 0 Å². The summed E-state index contributed by atoms with van der Waals surface area (Å²) in [4.78, 5) is 17.8. The van der Waals surface area contributed by atoms with Gasteiger partial charge in [-0.05, 0) is 55.3 Å². The third-order valence-electron chi connectivity index (χ3n) is 6.14. The van der Waals surface area contributed by atoms with Crippen molar-refractivity contribution in [2.75, 3.05) is 0 Å². The maximum atomic E-state index is 10.2. The number of nitrogens with zero attached hydrogens (tertiary/aromatic N) is 4. The van der Waals surface area contributed by atoms with Crippen molar-refractivity contribution >= 4 is 16.8 Å². The van der Waals surface area contributed by atoms with Gasteiger partial charge in [0.05, 0.1) is 11.8 Å². The van der Waals surface area contributed by atoms with Crippen molar-refractivity contribution < 1.29 is 14.6 Å². The maximum absolute atomic E-state index is 10.2. The van der Waals surface area contributed by atoms with E-state index in [0.29, 0.717) is 23.0 Å². The molecular weight excluding hydrogens is 404 g/mol. The van der Waals surface area contributed by atoms with E-state index in [-0.39, 0.29) is 11.8 Å². The minimum absolute atomic E-state index is 0.00913. The van der Waals surface area contributed by atoms with Gasteiger partial charge in [0.15, 0.2) is 5.60 Å². The number of phenols is 1. The molecule has 0 spiro atoms. The van der Waals surface area contributed by atoms with Gasteiger partial charge in [-0.25, -0.2) is 9.98 Å². The Kier molecular flexibility index (Phi) is 3.95. The molecule has 0 saturated heterocycles. The third-order valence-corrected chi connectivity index (χ3v) is 6.14. The third kappa shape index (κ3) is 2.89. The second-order valence-corrected chi connectivity index (χ2v) is 8.41. The lowest BCUT2D eigenvalue weighted by Gasteiger charge is -2.24. The van der Waals surface area contributed by atoms with Gasteiger partial charge < -0.3 is 14.6 Å². The molecule has 0 radical (unpaired) electrons. The summed E-state index contributed by atoms with van der Waals surface area (Å²) in [6.07, 6.45) is 7.81. The highest BCUT2D eigenvalue weighted by Crippen LogP contribution is 2.45. The van der Waals surface area contributed by atoms with E-state index in [0.717, 1.165) is 28.5 Å². The maximum Gasteiger partial charge on any atom is 0.220 e. The van der Waals surface area contributed by atoms with E-state index in [2.05, 4.69) is 21.9 Å². The number of pyridine rings is 3. The Morgan fingerprint density at radius 1 is 1.09 bits per heavy atom. The molecule has 158 valence electrons. The van der Waals surface area contributed by atoms with Crippen molar-refractivity contribution in [2.24, 2.45) is 4.99 Å². The summed E-state index contributed by atoms with van der Waals surface area (Å²) in [5.74, 6) is 1.56. The summed E-state index contributed by atoms with van der Waals surface area (Å²) < 4.78 is 12.3. The molecule has 3 aromatic heterocycles. The smallest absolute Gasteiger partial charge is 0.220 e. The highest BCUT2D eigenvalue weighted by molar-refractivity contribution is 5.96. The number of aromatic hydroxyl groups is 1. The number of aromatic nitrogens is 3. The van der Waals surface area contributed by atoms with Crippen LogP contribution in [0.3, 0.4) is 0 Å². The molecule has 0 bridgehead atoms. The molecule has 1 aliphatic heterocycles. The second-order valence-electron chi connectivity index (χ2n) is 8.41. The van der Waals surface area contributed by atoms with E-state index in [4.69, 9.17) is 14.5 Å². The first-order valence-corrected chi connectivity index (χ1v) is 10.4. The van der Waals surface area contributed by atoms with Crippen LogP contribution in [0.2, 0.25) is 0 Å². The first-order chi connectivity index (χ1) is 15.5. The van der Waals surface area contributed by atoms with Crippen molar-refractivity contribution in [3.8, 4) is 17.4 Å². The molecule has 6 rings (SSSR count). The van der Waals surface area contributed by atoms with Crippen LogP contribution in [0, 0.1) is 6.92 Å². The summed E-state index contributed by atoms with van der Waals surface area (Å²) in [5, 5.41) is 11.1. The topological polar surface area (TPSA) is 89.7 Å². The normalized spacial score (nSPS) is 21.1. The molecule has 7 heteroatoms. The van der Waals surface area contributed by atoms with Crippen LogP contribution in [-0.2, 0) is 16.8 Å². The Bertz CT molecular complexity index is 1420. The monoisotopic (exact) mass is 424 g/mol. The Balaban J connectivity index is 1.28. The van der Waals surface area contributed by atoms with Gasteiger partial charge in [0.1, 0.15) is 23.1 Å². The predicted octanol–water partition coefficient (Wildman–Crippen LogP) is 4.45. The van der Waals surface area contributed by atoms with Gasteiger partial charge in [-0.15, -0.1) is 0 Å². The molecule has 4 aromatic rings. The van der Waals surface area contributed by atoms with Crippen LogP contribution < -0.4 is 4.74 Å². The van der Waals surface area contributed by atoms with Crippen LogP contribution in [0.15, 0.2) is 66.2 Å². The van der Waals surface area contributed by atoms with Gasteiger partial charge in [-0.2, -0.15) is 0 Å². The lowest BCUT2D eigenvalue weighted by molar-refractivity contribution is 0.0865. The number of rotatable bonds is 3. The zero-order valence-electron chi connectivity index (χ0n) is 17.6. The molecule has 0 unspecified atom stereocenters. The van der Waals surface area contributed by atoms with E-state index in [1.54, 1.807) is 30.7 Å². The fourth-order valence-electron chi connectivity index (χ4n) is 4.56. The van der Waals surface area contributed by atoms with Crippen LogP contribution in [0.4, 0.5) is 0 Å². The van der Waals surface area contributed by atoms with Crippen molar-refractivity contribution in [3.05, 3.63) is 83.4 Å². The Labute approximate surface area is 184 Å². The lowest BCUT2D eigenvalue weighted by atomic mass is 9.96. The van der Waals surface area contributed by atoms with Gasteiger partial charge in [0, 0.05) is 42.0 Å². The van der Waals surface area contributed by atoms with Crippen molar-refractivity contribution in [3.63, 3.8) is 0 Å². The standard InChI is InChI=1S/C25H20N4O3/c1-14-7-15-3-4-22(29-23(15)20(30)8-14)31-18-9-17(12-27-13-18)24-28-21-10-16-11-26-6-5-19(16)25(21,2)32-24/h3-9,11-13,21,30H,10H2,1-2H3/t21-,25+/m0/s1. The van der Waals surface area contributed by atoms with Crippen LogP contribution in [0.1, 0.15) is 29.2 Å². The van der Waals surface area contributed by atoms with E-state index in [1.165, 1.54) is 5.56 Å². The van der Waals surface area contributed by atoms with Crippen LogP contribution in [0.5, 0.6) is 17.4 Å². The predicted molar refractivity (Wildman–Crippen MR) is 119 cm³/mol. The van der Waals surface area contributed by atoms with Gasteiger partial charge in [0.25, 0.3) is 0 Å². The van der Waals surface area contributed by atoms with Gasteiger partial charge in [-0.3, -0.25) is 9.97 Å². The molecule has 0 amide bonds. The number of hydrogen-bond acceptors (Lipinski definition) is 7. The molecule has 1 N–H and O–H groups in total. The number of hydrogen-bond donors (Lipinski definition) is 1. The Morgan fingerprint density at radius 3 is 2.91 bits per heavy atom. The number of phenolic OH excluding ortho intramolecular Hbond substituents is 1. The molecule has 4 heterocycles. The molecule has 0 fully saturated rings. The summed E-state index contributed by atoms with van der Waals surface area (Å²) in [6.45, 7) is 4.00. The molecule has 1 aliphatic carbocycles. The van der Waals surface area contributed by atoms with Crippen molar-refractivity contribution in [2.45, 2.75) is 31.9 Å². The molecule has 32 heavy (non-hydrogen) atoms. The largest absolute Gasteiger partial charge is 0.506 e. The summed E-state index contributed by atoms with van der Waals surface area (Å²) >= 11 is 0. The number of aryl methyl sites for hydroxylation is 1. The lowest BCUT2D eigenvalue weighted by Crippen LogP contribution is -2.30. The average molecular weight is 424 g/mol. The number of fused-ring (bicyclic) bond motifs is 4. The Morgan fingerprint density at radius 2 is 2.00 bits per heavy atom. The molecule has 7 nitrogen and oxygen atoms in total. The van der Waals surface area contributed by atoms with Crippen LogP contribution in [-0.4, -0.2) is 32.0 Å². The van der Waals surface area contributed by atoms with Gasteiger partial charge in [0.2, 0.25) is 11.8 Å². The van der Waals surface area contributed by atoms with E-state index < -0.39 is 5.60 Å². The number of ether oxygens (including phenoxy) is 2. The number of benzene rings is 1. The zero-order valence-corrected chi connectivity index (χ0v) is 17.6. The minimum Gasteiger partial charge on any atom is -0.506 e. The molecule has 1 aromatic carbocycles. The first-order valence-electron chi connectivity index (χ1n) is 10.4. The van der Waals surface area contributed by atoms with Crippen molar-refractivity contribution in [1.29, 1.82) is 0 Å². The molecule has 0 saturated carbocycles. The molecule has 2 atom stereocenters. The zero-order chi connectivity index (χ0) is 21.9. The summed E-state index contributed by atoms with van der Waals surface area (Å²) in [6, 6.07) is 11.2. The van der Waals surface area contributed by atoms with E-state index in [1.807, 2.05) is 37.4 Å². The fraction of sp³-hybridized carbons (Fsp3) is 0.200. The van der Waals surface area contributed by atoms with Crippen LogP contribution in [0.25, 0.3) is 10.9 Å². The molecule has 2 aliphatic rings. The fourth-order valence-corrected chi connectivity index (χ4v) is 4.56. The van der Waals surface area contributed by atoms with Crippen molar-refractivity contribution in [1.82, 2.24) is 15.0 Å². The second kappa shape index (κ2) is 6.75. The van der Waals surface area contributed by atoms with E-state index >= 15 is 0 Å². The van der Waals surface area contributed by atoms with Crippen LogP contribution >= 0.6 is 0 Å². The number of aliphatic imine (C=N–C) groups is 1. The average Bonchev–Trinajstić information content (AvgIpc) is 3.25. The molecular formula is C25H20N4O3. The SMILES string of the molecule is Cc1cc(O)c2nc(Oc3cncc(C4=N[C@H]5Cc6cnccc6[C@@]5(C)O4)c3)ccc2c1. The Hall–Kier alpha value is -4.00. The first kappa shape index (κ1) is 18.7. The highest BCUT2D eigenvalue weighted by Gasteiger charge is 2.50. The quantitative estimate of drug-likeness (QED) is 0.523. The van der Waals surface area contributed by atoms with Gasteiger partial charge in [-0.1, -0.05) is 0 Å².